The van der Waals surface area contributed by atoms with E-state index in [1.54, 1.807) is 38.5 Å². The highest BCUT2D eigenvalue weighted by atomic mass is 79.9. The molecule has 1 N–H and O–H groups in total. The standard InChI is InChI=1S/C18H17BrO5/c1-22-12-9-13(18(19)15(21)10-12)14(20)6-4-11-5-7-16(23-2)17(8-11)24-3/h4-10,21H,1-3H3/b6-4+. The minimum atomic E-state index is -0.272. The van der Waals surface area contributed by atoms with Crippen molar-refractivity contribution in [2.75, 3.05) is 21.3 Å². The molecule has 0 aromatic heterocycles. The van der Waals surface area contributed by atoms with Gasteiger partial charge in [-0.3, -0.25) is 4.79 Å². The monoisotopic (exact) mass is 392 g/mol. The second-order valence-corrected chi connectivity index (χ2v) is 5.61. The SMILES string of the molecule is COc1cc(O)c(Br)c(C(=O)/C=C/c2ccc(OC)c(OC)c2)c1. The number of aromatic hydroxyl groups is 1. The lowest BCUT2D eigenvalue weighted by atomic mass is 10.1. The molecule has 24 heavy (non-hydrogen) atoms. The van der Waals surface area contributed by atoms with Gasteiger partial charge in [0.1, 0.15) is 11.5 Å². The maximum absolute atomic E-state index is 12.4. The Morgan fingerprint density at radius 2 is 1.75 bits per heavy atom. The smallest absolute Gasteiger partial charge is 0.187 e. The van der Waals surface area contributed by atoms with Crippen LogP contribution in [0.1, 0.15) is 15.9 Å². The van der Waals surface area contributed by atoms with Crippen LogP contribution in [-0.2, 0) is 0 Å². The molecule has 0 bridgehead atoms. The van der Waals surface area contributed by atoms with Gasteiger partial charge in [0, 0.05) is 11.6 Å². The van der Waals surface area contributed by atoms with Crippen LogP contribution in [0.25, 0.3) is 6.08 Å². The van der Waals surface area contributed by atoms with E-state index in [1.807, 2.05) is 6.07 Å². The number of allylic oxidation sites excluding steroid dienone is 1. The molecule has 0 aliphatic heterocycles. The molecule has 0 heterocycles. The van der Waals surface area contributed by atoms with Crippen molar-refractivity contribution in [1.29, 1.82) is 0 Å². The van der Waals surface area contributed by atoms with Crippen molar-refractivity contribution in [1.82, 2.24) is 0 Å². The first-order valence-corrected chi connectivity index (χ1v) is 7.80. The number of hydrogen-bond acceptors (Lipinski definition) is 5. The molecule has 0 aliphatic carbocycles. The Balaban J connectivity index is 2.30. The molecule has 0 saturated carbocycles. The van der Waals surface area contributed by atoms with Gasteiger partial charge in [0.15, 0.2) is 17.3 Å². The first-order chi connectivity index (χ1) is 11.5. The Hall–Kier alpha value is -2.47. The van der Waals surface area contributed by atoms with E-state index in [0.29, 0.717) is 27.3 Å². The van der Waals surface area contributed by atoms with Crippen molar-refractivity contribution in [3.63, 3.8) is 0 Å². The van der Waals surface area contributed by atoms with Crippen molar-refractivity contribution in [2.24, 2.45) is 0 Å². The quantitative estimate of drug-likeness (QED) is 0.592. The van der Waals surface area contributed by atoms with Gasteiger partial charge in [-0.2, -0.15) is 0 Å². The summed E-state index contributed by atoms with van der Waals surface area (Å²) in [6, 6.07) is 8.32. The molecular weight excluding hydrogens is 376 g/mol. The first-order valence-electron chi connectivity index (χ1n) is 7.01. The minimum absolute atomic E-state index is 0.0581. The number of hydrogen-bond donors (Lipinski definition) is 1. The van der Waals surface area contributed by atoms with Gasteiger partial charge in [-0.15, -0.1) is 0 Å². The fourth-order valence-corrected chi connectivity index (χ4v) is 2.52. The van der Waals surface area contributed by atoms with Gasteiger partial charge in [-0.25, -0.2) is 0 Å². The second-order valence-electron chi connectivity index (χ2n) is 4.82. The number of halogens is 1. The summed E-state index contributed by atoms with van der Waals surface area (Å²) in [7, 11) is 4.58. The van der Waals surface area contributed by atoms with Gasteiger partial charge in [0.25, 0.3) is 0 Å². The molecule has 0 aliphatic rings. The molecule has 0 unspecified atom stereocenters. The van der Waals surface area contributed by atoms with Crippen molar-refractivity contribution < 1.29 is 24.1 Å². The molecule has 0 amide bonds. The highest BCUT2D eigenvalue weighted by Gasteiger charge is 2.13. The van der Waals surface area contributed by atoms with E-state index < -0.39 is 0 Å². The Kier molecular flexibility index (Phi) is 5.87. The highest BCUT2D eigenvalue weighted by Crippen LogP contribution is 2.33. The van der Waals surface area contributed by atoms with Crippen LogP contribution >= 0.6 is 15.9 Å². The van der Waals surface area contributed by atoms with Crippen molar-refractivity contribution in [3.05, 3.63) is 52.0 Å². The first kappa shape index (κ1) is 17.9. The molecule has 0 fully saturated rings. The molecule has 126 valence electrons. The van der Waals surface area contributed by atoms with Crippen LogP contribution in [0.4, 0.5) is 0 Å². The third kappa shape index (κ3) is 3.89. The van der Waals surface area contributed by atoms with E-state index in [9.17, 15) is 9.90 Å². The van der Waals surface area contributed by atoms with Crippen LogP contribution < -0.4 is 14.2 Å². The molecule has 2 rings (SSSR count). The van der Waals surface area contributed by atoms with E-state index in [1.165, 1.54) is 19.3 Å². The number of ketones is 1. The average molecular weight is 393 g/mol. The number of ether oxygens (including phenoxy) is 3. The normalized spacial score (nSPS) is 10.7. The maximum atomic E-state index is 12.4. The highest BCUT2D eigenvalue weighted by molar-refractivity contribution is 9.10. The molecule has 2 aromatic carbocycles. The number of carbonyl (C=O) groups excluding carboxylic acids is 1. The average Bonchev–Trinajstić information content (AvgIpc) is 2.61. The summed E-state index contributed by atoms with van der Waals surface area (Å²) in [5.41, 5.74) is 1.09. The second kappa shape index (κ2) is 7.88. The number of methoxy groups -OCH3 is 3. The number of carbonyl (C=O) groups is 1. The fourth-order valence-electron chi connectivity index (χ4n) is 2.10. The third-order valence-electron chi connectivity index (χ3n) is 3.36. The van der Waals surface area contributed by atoms with E-state index in [4.69, 9.17) is 14.2 Å². The lowest BCUT2D eigenvalue weighted by molar-refractivity contribution is 0.104. The zero-order valence-corrected chi connectivity index (χ0v) is 15.1. The van der Waals surface area contributed by atoms with Crippen LogP contribution in [0.2, 0.25) is 0 Å². The molecular formula is C18H17BrO5. The lowest BCUT2D eigenvalue weighted by Gasteiger charge is -2.08. The Bertz CT molecular complexity index is 783. The van der Waals surface area contributed by atoms with E-state index in [2.05, 4.69) is 15.9 Å². The van der Waals surface area contributed by atoms with Crippen LogP contribution in [0, 0.1) is 0 Å². The molecule has 0 atom stereocenters. The van der Waals surface area contributed by atoms with Gasteiger partial charge in [0.2, 0.25) is 0 Å². The number of phenolic OH excluding ortho intramolecular Hbond substituents is 1. The lowest BCUT2D eigenvalue weighted by Crippen LogP contribution is -1.97. The Morgan fingerprint density at radius 3 is 2.38 bits per heavy atom. The van der Waals surface area contributed by atoms with Crippen molar-refractivity contribution >= 4 is 27.8 Å². The molecule has 0 radical (unpaired) electrons. The van der Waals surface area contributed by atoms with Crippen LogP contribution in [-0.4, -0.2) is 32.2 Å². The predicted molar refractivity (Wildman–Crippen MR) is 95.3 cm³/mol. The molecule has 5 nitrogen and oxygen atoms in total. The van der Waals surface area contributed by atoms with Crippen molar-refractivity contribution in [3.8, 4) is 23.0 Å². The van der Waals surface area contributed by atoms with Crippen LogP contribution in [0.15, 0.2) is 40.9 Å². The summed E-state index contributed by atoms with van der Waals surface area (Å²) >= 11 is 3.22. The summed E-state index contributed by atoms with van der Waals surface area (Å²) in [6.45, 7) is 0. The van der Waals surface area contributed by atoms with Crippen LogP contribution in [0.5, 0.6) is 23.0 Å². The zero-order chi connectivity index (χ0) is 17.7. The van der Waals surface area contributed by atoms with Gasteiger partial charge in [0.05, 0.1) is 25.8 Å². The van der Waals surface area contributed by atoms with Gasteiger partial charge in [-0.1, -0.05) is 12.1 Å². The third-order valence-corrected chi connectivity index (χ3v) is 4.20. The molecule has 2 aromatic rings. The molecule has 6 heteroatoms. The maximum Gasteiger partial charge on any atom is 0.187 e. The topological polar surface area (TPSA) is 65.0 Å². The summed E-state index contributed by atoms with van der Waals surface area (Å²) in [5.74, 6) is 1.26. The van der Waals surface area contributed by atoms with Crippen LogP contribution in [0.3, 0.4) is 0 Å². The molecule has 0 saturated heterocycles. The summed E-state index contributed by atoms with van der Waals surface area (Å²) in [5, 5.41) is 9.84. The summed E-state index contributed by atoms with van der Waals surface area (Å²) in [6.07, 6.45) is 3.08. The zero-order valence-electron chi connectivity index (χ0n) is 13.5. The minimum Gasteiger partial charge on any atom is -0.507 e. The number of rotatable bonds is 6. The van der Waals surface area contributed by atoms with E-state index >= 15 is 0 Å². The molecule has 0 spiro atoms. The fraction of sp³-hybridized carbons (Fsp3) is 0.167. The van der Waals surface area contributed by atoms with E-state index in [-0.39, 0.29) is 11.5 Å². The Labute approximate surface area is 148 Å². The predicted octanol–water partition coefficient (Wildman–Crippen LogP) is 4.08. The van der Waals surface area contributed by atoms with Gasteiger partial charge < -0.3 is 19.3 Å². The summed E-state index contributed by atoms with van der Waals surface area (Å²) < 4.78 is 15.8. The van der Waals surface area contributed by atoms with Gasteiger partial charge in [-0.05, 0) is 45.8 Å². The number of phenols is 1. The van der Waals surface area contributed by atoms with E-state index in [0.717, 1.165) is 5.56 Å². The Morgan fingerprint density at radius 1 is 1.04 bits per heavy atom. The largest absolute Gasteiger partial charge is 0.507 e. The number of benzene rings is 2. The van der Waals surface area contributed by atoms with Gasteiger partial charge >= 0.3 is 0 Å². The van der Waals surface area contributed by atoms with Crippen molar-refractivity contribution in [2.45, 2.75) is 0 Å². The summed E-state index contributed by atoms with van der Waals surface area (Å²) in [4.78, 5) is 12.4.